The summed E-state index contributed by atoms with van der Waals surface area (Å²) < 4.78 is 39.0. The second-order valence-electron chi connectivity index (χ2n) is 13.1. The Balaban J connectivity index is 1.13. The van der Waals surface area contributed by atoms with Gasteiger partial charge < -0.3 is 20.4 Å². The predicted octanol–water partition coefficient (Wildman–Crippen LogP) is 4.29. The third kappa shape index (κ3) is 5.09. The van der Waals surface area contributed by atoms with Gasteiger partial charge in [0.15, 0.2) is 0 Å². The van der Waals surface area contributed by atoms with Crippen molar-refractivity contribution in [3.8, 4) is 0 Å². The van der Waals surface area contributed by atoms with E-state index >= 15 is 0 Å². The van der Waals surface area contributed by atoms with Crippen LogP contribution in [0.5, 0.6) is 0 Å². The summed E-state index contributed by atoms with van der Waals surface area (Å²) in [6.45, 7) is 1.40. The van der Waals surface area contributed by atoms with E-state index in [9.17, 15) is 22.8 Å². The van der Waals surface area contributed by atoms with Crippen LogP contribution in [0.4, 0.5) is 13.2 Å². The highest BCUT2D eigenvalue weighted by molar-refractivity contribution is 5.91. The fraction of sp³-hybridized carbons (Fsp3) is 0.733. The van der Waals surface area contributed by atoms with Gasteiger partial charge in [-0.05, 0) is 82.7 Å². The van der Waals surface area contributed by atoms with Crippen LogP contribution >= 0.6 is 0 Å². The van der Waals surface area contributed by atoms with Crippen LogP contribution < -0.4 is 5.73 Å². The summed E-state index contributed by atoms with van der Waals surface area (Å²) in [6.07, 6.45) is 2.79. The summed E-state index contributed by atoms with van der Waals surface area (Å²) in [5.74, 6) is -0.658. The Bertz CT molecular complexity index is 1070. The average molecular weight is 547 g/mol. The van der Waals surface area contributed by atoms with Gasteiger partial charge >= 0.3 is 6.18 Å². The van der Waals surface area contributed by atoms with Crippen LogP contribution in [-0.2, 0) is 9.59 Å². The zero-order valence-corrected chi connectivity index (χ0v) is 22.8. The number of alkyl halides is 3. The van der Waals surface area contributed by atoms with Crippen LogP contribution in [0.2, 0.25) is 0 Å². The second kappa shape index (κ2) is 10.1. The quantitative estimate of drug-likeness (QED) is 0.598. The van der Waals surface area contributed by atoms with Crippen LogP contribution in [0.25, 0.3) is 0 Å². The van der Waals surface area contributed by atoms with Gasteiger partial charge in [-0.2, -0.15) is 13.2 Å². The normalized spacial score (nSPS) is 36.1. The number of rotatable bonds is 5. The molecule has 2 N–H and O–H groups in total. The van der Waals surface area contributed by atoms with Crippen molar-refractivity contribution in [1.82, 2.24) is 14.7 Å². The number of hydrogen-bond acceptors (Lipinski definition) is 4. The lowest BCUT2D eigenvalue weighted by molar-refractivity contribution is -0.206. The fourth-order valence-electron chi connectivity index (χ4n) is 7.98. The molecule has 5 atom stereocenters. The lowest BCUT2D eigenvalue weighted by Gasteiger charge is -2.44. The van der Waals surface area contributed by atoms with Gasteiger partial charge in [-0.1, -0.05) is 30.3 Å². The van der Waals surface area contributed by atoms with Gasteiger partial charge in [0.05, 0.1) is 12.0 Å². The van der Waals surface area contributed by atoms with Gasteiger partial charge in [-0.3, -0.25) is 9.59 Å². The lowest BCUT2D eigenvalue weighted by atomic mass is 9.78. The molecule has 0 bridgehead atoms. The van der Waals surface area contributed by atoms with E-state index in [2.05, 4.69) is 34.1 Å². The van der Waals surface area contributed by atoms with Crippen molar-refractivity contribution in [1.29, 1.82) is 0 Å². The number of nitrogens with zero attached hydrogens (tertiary/aromatic N) is 3. The third-order valence-corrected chi connectivity index (χ3v) is 10.6. The summed E-state index contributed by atoms with van der Waals surface area (Å²) >= 11 is 0. The zero-order valence-electron chi connectivity index (χ0n) is 22.8. The minimum Gasteiger partial charge on any atom is -0.335 e. The Hall–Kier alpha value is -2.13. The largest absolute Gasteiger partial charge is 0.391 e. The van der Waals surface area contributed by atoms with Gasteiger partial charge in [0.25, 0.3) is 0 Å². The first-order valence-electron chi connectivity index (χ1n) is 14.8. The molecule has 0 radical (unpaired) electrons. The summed E-state index contributed by atoms with van der Waals surface area (Å²) in [7, 11) is 1.92. The average Bonchev–Trinajstić information content (AvgIpc) is 3.35. The molecule has 0 unspecified atom stereocenters. The van der Waals surface area contributed by atoms with Crippen LogP contribution in [-0.4, -0.2) is 82.5 Å². The van der Waals surface area contributed by atoms with Crippen LogP contribution in [0, 0.1) is 11.8 Å². The highest BCUT2D eigenvalue weighted by Crippen LogP contribution is 2.54. The van der Waals surface area contributed by atoms with Crippen molar-refractivity contribution >= 4 is 11.8 Å². The Labute approximate surface area is 229 Å². The van der Waals surface area contributed by atoms with E-state index in [-0.39, 0.29) is 48.2 Å². The summed E-state index contributed by atoms with van der Waals surface area (Å²) in [5, 5.41) is 0. The highest BCUT2D eigenvalue weighted by Gasteiger charge is 2.58. The van der Waals surface area contributed by atoms with E-state index in [1.54, 1.807) is 0 Å². The summed E-state index contributed by atoms with van der Waals surface area (Å²) in [4.78, 5) is 33.6. The fourth-order valence-corrected chi connectivity index (χ4v) is 7.98. The molecule has 6 rings (SSSR count). The maximum atomic E-state index is 14.1. The Morgan fingerprint density at radius 1 is 1.08 bits per heavy atom. The van der Waals surface area contributed by atoms with E-state index in [0.717, 1.165) is 38.5 Å². The number of halogens is 3. The SMILES string of the molecule is CN(C[C@H]1CC[C@H](N)C(=O)N2[C@H](CC[C@H]2C(=O)N2C[C@H](c3ccccc3)CC23CC3)C1)C1CC(C(F)(F)F)C1. The number of amides is 2. The molecule has 6 nitrogen and oxygen atoms in total. The molecular weight excluding hydrogens is 505 g/mol. The Morgan fingerprint density at radius 3 is 2.46 bits per heavy atom. The molecular formula is C30H41F3N4O2. The van der Waals surface area contributed by atoms with Crippen molar-refractivity contribution in [2.75, 3.05) is 20.1 Å². The van der Waals surface area contributed by atoms with Gasteiger partial charge in [0.1, 0.15) is 6.04 Å². The van der Waals surface area contributed by atoms with E-state index < -0.39 is 24.2 Å². The number of fused-ring (bicyclic) bond motifs is 1. The number of carbonyl (C=O) groups excluding carboxylic acids is 2. The topological polar surface area (TPSA) is 69.9 Å². The first kappa shape index (κ1) is 27.1. The number of benzene rings is 1. The number of likely N-dealkylation sites (tertiary alicyclic amines) is 1. The van der Waals surface area contributed by atoms with Crippen molar-refractivity contribution in [2.45, 2.75) is 106 Å². The molecule has 214 valence electrons. The predicted molar refractivity (Wildman–Crippen MR) is 142 cm³/mol. The molecule has 1 spiro atoms. The maximum Gasteiger partial charge on any atom is 0.391 e. The van der Waals surface area contributed by atoms with Gasteiger partial charge in [0.2, 0.25) is 11.8 Å². The first-order chi connectivity index (χ1) is 18.6. The monoisotopic (exact) mass is 546 g/mol. The van der Waals surface area contributed by atoms with Crippen molar-refractivity contribution in [3.05, 3.63) is 35.9 Å². The molecule has 2 aliphatic carbocycles. The highest BCUT2D eigenvalue weighted by atomic mass is 19.4. The summed E-state index contributed by atoms with van der Waals surface area (Å²) in [5.41, 5.74) is 7.59. The molecule has 3 aliphatic heterocycles. The smallest absolute Gasteiger partial charge is 0.335 e. The minimum atomic E-state index is -4.11. The summed E-state index contributed by atoms with van der Waals surface area (Å²) in [6, 6.07) is 9.21. The molecule has 39 heavy (non-hydrogen) atoms. The molecule has 3 heterocycles. The maximum absolute atomic E-state index is 14.1. The molecule has 5 aliphatic rings. The first-order valence-corrected chi connectivity index (χ1v) is 14.8. The van der Waals surface area contributed by atoms with Gasteiger partial charge in [-0.25, -0.2) is 0 Å². The van der Waals surface area contributed by atoms with Crippen molar-refractivity contribution in [3.63, 3.8) is 0 Å². The zero-order chi connectivity index (χ0) is 27.5. The molecule has 0 aromatic heterocycles. The van der Waals surface area contributed by atoms with Crippen LogP contribution in [0.15, 0.2) is 30.3 Å². The number of nitrogens with two attached hydrogens (primary N) is 1. The van der Waals surface area contributed by atoms with E-state index in [1.807, 2.05) is 18.0 Å². The van der Waals surface area contributed by atoms with Crippen molar-refractivity contribution in [2.24, 2.45) is 17.6 Å². The van der Waals surface area contributed by atoms with Crippen molar-refractivity contribution < 1.29 is 22.8 Å². The van der Waals surface area contributed by atoms with E-state index in [4.69, 9.17) is 5.73 Å². The molecule has 2 amide bonds. The van der Waals surface area contributed by atoms with Crippen LogP contribution in [0.3, 0.4) is 0 Å². The minimum absolute atomic E-state index is 0.0387. The Morgan fingerprint density at radius 2 is 1.79 bits per heavy atom. The molecule has 1 aromatic carbocycles. The van der Waals surface area contributed by atoms with Gasteiger partial charge in [0, 0.05) is 36.6 Å². The van der Waals surface area contributed by atoms with E-state index in [0.29, 0.717) is 31.8 Å². The van der Waals surface area contributed by atoms with E-state index in [1.165, 1.54) is 5.56 Å². The molecule has 9 heteroatoms. The lowest BCUT2D eigenvalue weighted by Crippen LogP contribution is -2.57. The molecule has 5 fully saturated rings. The Kier molecular flexibility index (Phi) is 6.97. The standard InChI is InChI=1S/C30H41F3N4O2/c1-35(24-14-22(15-24)30(31,32)33)17-19-7-9-25(34)27(38)37-23(13-19)8-10-26(37)28(39)36-18-21(16-29(36)11-12-29)20-5-3-2-4-6-20/h2-6,19,21-26H,7-18,34H2,1H3/t19-,21+,22?,23+,24?,25-,26-/m0/s1. The molecule has 2 saturated carbocycles. The van der Waals surface area contributed by atoms with Crippen LogP contribution in [0.1, 0.15) is 75.7 Å². The second-order valence-corrected chi connectivity index (χ2v) is 13.1. The van der Waals surface area contributed by atoms with Gasteiger partial charge in [-0.15, -0.1) is 0 Å². The number of carbonyl (C=O) groups is 2. The molecule has 3 saturated heterocycles. The number of hydrogen-bond donors (Lipinski definition) is 1. The third-order valence-electron chi connectivity index (χ3n) is 10.6. The molecule has 1 aromatic rings.